The van der Waals surface area contributed by atoms with E-state index in [-0.39, 0.29) is 45.5 Å². The summed E-state index contributed by atoms with van der Waals surface area (Å²) in [7, 11) is -4.32. The Bertz CT molecular complexity index is 1830. The smallest absolute Gasteiger partial charge is 0.264 e. The molecule has 4 aromatic rings. The third kappa shape index (κ3) is 8.91. The Morgan fingerprint density at radius 3 is 2.19 bits per heavy atom. The maximum Gasteiger partial charge on any atom is 0.264 e. The summed E-state index contributed by atoms with van der Waals surface area (Å²) in [5.74, 6) is -0.892. The van der Waals surface area contributed by atoms with Crippen molar-refractivity contribution in [2.24, 2.45) is 0 Å². The van der Waals surface area contributed by atoms with Crippen LogP contribution in [0.2, 0.25) is 15.1 Å². The van der Waals surface area contributed by atoms with Crippen LogP contribution in [0.25, 0.3) is 0 Å². The van der Waals surface area contributed by atoms with Crippen molar-refractivity contribution in [3.05, 3.63) is 129 Å². The van der Waals surface area contributed by atoms with Gasteiger partial charge in [0.15, 0.2) is 0 Å². The number of rotatable bonds is 12. The van der Waals surface area contributed by atoms with Crippen molar-refractivity contribution in [3.8, 4) is 0 Å². The van der Waals surface area contributed by atoms with Gasteiger partial charge in [0.1, 0.15) is 12.6 Å². The van der Waals surface area contributed by atoms with Crippen molar-refractivity contribution in [2.75, 3.05) is 10.8 Å². The van der Waals surface area contributed by atoms with Crippen LogP contribution in [0.5, 0.6) is 0 Å². The van der Waals surface area contributed by atoms with Gasteiger partial charge in [0, 0.05) is 24.0 Å². The highest BCUT2D eigenvalue weighted by Crippen LogP contribution is 2.36. The van der Waals surface area contributed by atoms with Crippen molar-refractivity contribution < 1.29 is 18.0 Å². The summed E-state index contributed by atoms with van der Waals surface area (Å²) < 4.78 is 29.5. The molecule has 252 valence electrons. The molecule has 0 spiro atoms. The van der Waals surface area contributed by atoms with Gasteiger partial charge in [0.25, 0.3) is 10.0 Å². The van der Waals surface area contributed by atoms with Gasteiger partial charge < -0.3 is 10.2 Å². The minimum atomic E-state index is -4.32. The van der Waals surface area contributed by atoms with Gasteiger partial charge in [0.05, 0.1) is 20.6 Å². The zero-order valence-electron chi connectivity index (χ0n) is 26.6. The Balaban J connectivity index is 1.59. The number of benzene rings is 4. The zero-order chi connectivity index (χ0) is 34.3. The molecular weight excluding hydrogens is 689 g/mol. The van der Waals surface area contributed by atoms with Crippen LogP contribution in [-0.2, 0) is 32.6 Å². The van der Waals surface area contributed by atoms with Gasteiger partial charge in [0.2, 0.25) is 11.8 Å². The molecule has 48 heavy (non-hydrogen) atoms. The van der Waals surface area contributed by atoms with Crippen LogP contribution in [0.4, 0.5) is 5.69 Å². The average Bonchev–Trinajstić information content (AvgIpc) is 3.07. The SMILES string of the molecule is Cc1ccc(S(=O)(=O)N(CC(=O)N(Cc2cccc(Cl)c2)C(Cc2ccccc2)C(=O)NC2CCCCC2)c2cccc(Cl)c2Cl)cc1. The Labute approximate surface area is 297 Å². The fourth-order valence-electron chi connectivity index (χ4n) is 5.97. The fourth-order valence-corrected chi connectivity index (χ4v) is 8.05. The van der Waals surface area contributed by atoms with E-state index in [4.69, 9.17) is 34.8 Å². The number of amides is 2. The minimum Gasteiger partial charge on any atom is -0.352 e. The number of anilines is 1. The summed E-state index contributed by atoms with van der Waals surface area (Å²) in [6, 6.07) is 26.5. The number of sulfonamides is 1. The lowest BCUT2D eigenvalue weighted by molar-refractivity contribution is -0.140. The number of nitrogens with one attached hydrogen (secondary N) is 1. The van der Waals surface area contributed by atoms with E-state index < -0.39 is 28.5 Å². The average molecular weight is 727 g/mol. The van der Waals surface area contributed by atoms with Crippen molar-refractivity contribution in [2.45, 2.75) is 69.0 Å². The monoisotopic (exact) mass is 725 g/mol. The minimum absolute atomic E-state index is 0.00340. The van der Waals surface area contributed by atoms with Gasteiger partial charge >= 0.3 is 0 Å². The van der Waals surface area contributed by atoms with Crippen LogP contribution in [0.1, 0.15) is 48.8 Å². The highest BCUT2D eigenvalue weighted by atomic mass is 35.5. The summed E-state index contributed by atoms with van der Waals surface area (Å²) >= 11 is 19.3. The third-order valence-corrected chi connectivity index (χ3v) is 11.4. The predicted octanol–water partition coefficient (Wildman–Crippen LogP) is 8.24. The first-order chi connectivity index (χ1) is 23.0. The normalized spacial score (nSPS) is 14.2. The Hall–Kier alpha value is -3.56. The Kier molecular flexibility index (Phi) is 12.1. The van der Waals surface area contributed by atoms with Crippen molar-refractivity contribution in [1.82, 2.24) is 10.2 Å². The molecule has 11 heteroatoms. The van der Waals surface area contributed by atoms with Gasteiger partial charge in [-0.15, -0.1) is 0 Å². The van der Waals surface area contributed by atoms with E-state index in [2.05, 4.69) is 5.32 Å². The molecule has 7 nitrogen and oxygen atoms in total. The van der Waals surface area contributed by atoms with E-state index in [0.29, 0.717) is 10.6 Å². The summed E-state index contributed by atoms with van der Waals surface area (Å²) in [5, 5.41) is 3.80. The van der Waals surface area contributed by atoms with E-state index in [9.17, 15) is 18.0 Å². The van der Waals surface area contributed by atoms with Crippen LogP contribution in [0.15, 0.2) is 102 Å². The van der Waals surface area contributed by atoms with E-state index in [0.717, 1.165) is 47.5 Å². The van der Waals surface area contributed by atoms with Gasteiger partial charge in [-0.25, -0.2) is 8.42 Å². The molecule has 2 amide bonds. The number of halogens is 3. The van der Waals surface area contributed by atoms with E-state index in [1.807, 2.05) is 43.3 Å². The summed E-state index contributed by atoms with van der Waals surface area (Å²) in [5.41, 5.74) is 2.46. The maximum absolute atomic E-state index is 14.7. The van der Waals surface area contributed by atoms with Crippen molar-refractivity contribution in [3.63, 3.8) is 0 Å². The second-order valence-corrected chi connectivity index (χ2v) is 15.2. The molecule has 0 aliphatic heterocycles. The van der Waals surface area contributed by atoms with Gasteiger partial charge in [-0.1, -0.05) is 120 Å². The molecule has 5 rings (SSSR count). The molecule has 0 radical (unpaired) electrons. The summed E-state index contributed by atoms with van der Waals surface area (Å²) in [6.07, 6.45) is 5.10. The Morgan fingerprint density at radius 2 is 1.50 bits per heavy atom. The molecular formula is C37H38Cl3N3O4S. The molecule has 1 aliphatic rings. The standard InChI is InChI=1S/C37H38Cl3N3O4S/c1-26-18-20-31(21-19-26)48(46,47)43(33-17-9-16-32(39)36(33)40)25-35(44)42(24-28-12-8-13-29(38)22-28)34(23-27-10-4-2-5-11-27)37(45)41-30-14-6-3-7-15-30/h2,4-5,8-13,16-22,30,34H,3,6-7,14-15,23-25H2,1H3,(H,41,45). The van der Waals surface area contributed by atoms with Crippen LogP contribution in [-0.4, -0.2) is 43.8 Å². The molecule has 0 saturated heterocycles. The molecule has 1 atom stereocenters. The molecule has 1 unspecified atom stereocenters. The fraction of sp³-hybridized carbons (Fsp3) is 0.297. The second kappa shape index (κ2) is 16.2. The zero-order valence-corrected chi connectivity index (χ0v) is 29.7. The third-order valence-electron chi connectivity index (χ3n) is 8.55. The van der Waals surface area contributed by atoms with Gasteiger partial charge in [-0.2, -0.15) is 0 Å². The van der Waals surface area contributed by atoms with Crippen LogP contribution >= 0.6 is 34.8 Å². The number of nitrogens with zero attached hydrogens (tertiary/aromatic N) is 2. The van der Waals surface area contributed by atoms with Gasteiger partial charge in [-0.05, 0) is 67.3 Å². The van der Waals surface area contributed by atoms with E-state index in [1.165, 1.54) is 23.1 Å². The first-order valence-electron chi connectivity index (χ1n) is 15.9. The molecule has 1 fully saturated rings. The summed E-state index contributed by atoms with van der Waals surface area (Å²) in [6.45, 7) is 1.22. The first kappa shape index (κ1) is 35.7. The molecule has 1 N–H and O–H groups in total. The quantitative estimate of drug-likeness (QED) is 0.159. The van der Waals surface area contributed by atoms with E-state index in [1.54, 1.807) is 42.5 Å². The lowest BCUT2D eigenvalue weighted by Crippen LogP contribution is -2.55. The number of aryl methyl sites for hydroxylation is 1. The van der Waals surface area contributed by atoms with E-state index >= 15 is 0 Å². The summed E-state index contributed by atoms with van der Waals surface area (Å²) in [4.78, 5) is 30.4. The lowest BCUT2D eigenvalue weighted by atomic mass is 9.94. The first-order valence-corrected chi connectivity index (χ1v) is 18.5. The molecule has 0 heterocycles. The highest BCUT2D eigenvalue weighted by molar-refractivity contribution is 7.92. The molecule has 0 aromatic heterocycles. The number of hydrogen-bond acceptors (Lipinski definition) is 4. The van der Waals surface area contributed by atoms with Crippen molar-refractivity contribution >= 4 is 62.3 Å². The number of carbonyl (C=O) groups excluding carboxylic acids is 2. The topological polar surface area (TPSA) is 86.8 Å². The second-order valence-electron chi connectivity index (χ2n) is 12.1. The number of hydrogen-bond donors (Lipinski definition) is 1. The maximum atomic E-state index is 14.7. The predicted molar refractivity (Wildman–Crippen MR) is 193 cm³/mol. The lowest BCUT2D eigenvalue weighted by Gasteiger charge is -2.35. The molecule has 0 bridgehead atoms. The van der Waals surface area contributed by atoms with Crippen LogP contribution in [0, 0.1) is 6.92 Å². The molecule has 1 aliphatic carbocycles. The Morgan fingerprint density at radius 1 is 0.833 bits per heavy atom. The highest BCUT2D eigenvalue weighted by Gasteiger charge is 2.36. The van der Waals surface area contributed by atoms with Crippen molar-refractivity contribution in [1.29, 1.82) is 0 Å². The van der Waals surface area contributed by atoms with Gasteiger partial charge in [-0.3, -0.25) is 13.9 Å². The molecule has 1 saturated carbocycles. The number of carbonyl (C=O) groups is 2. The van der Waals surface area contributed by atoms with Crippen LogP contribution in [0.3, 0.4) is 0 Å². The largest absolute Gasteiger partial charge is 0.352 e. The molecule has 4 aromatic carbocycles. The van der Waals surface area contributed by atoms with Crippen LogP contribution < -0.4 is 9.62 Å².